The van der Waals surface area contributed by atoms with Crippen LogP contribution in [0.4, 0.5) is 0 Å². The second kappa shape index (κ2) is 8.08. The molecule has 0 spiro atoms. The molecule has 1 N–H and O–H groups in total. The van der Waals surface area contributed by atoms with E-state index in [0.29, 0.717) is 12.1 Å². The normalized spacial score (nSPS) is 24.6. The van der Waals surface area contributed by atoms with Crippen molar-refractivity contribution in [1.29, 1.82) is 0 Å². The fourth-order valence-electron chi connectivity index (χ4n) is 2.49. The molecule has 2 heteroatoms. The predicted molar refractivity (Wildman–Crippen MR) is 69.7 cm³/mol. The Morgan fingerprint density at radius 1 is 1.25 bits per heavy atom. The van der Waals surface area contributed by atoms with E-state index in [4.69, 9.17) is 4.74 Å². The molecule has 96 valence electrons. The van der Waals surface area contributed by atoms with Gasteiger partial charge in [0.1, 0.15) is 0 Å². The van der Waals surface area contributed by atoms with E-state index < -0.39 is 0 Å². The van der Waals surface area contributed by atoms with E-state index in [-0.39, 0.29) is 0 Å². The summed E-state index contributed by atoms with van der Waals surface area (Å²) in [4.78, 5) is 0. The fraction of sp³-hybridized carbons (Fsp3) is 1.00. The Kier molecular flexibility index (Phi) is 7.06. The number of hydrogen-bond donors (Lipinski definition) is 1. The van der Waals surface area contributed by atoms with Gasteiger partial charge in [0.15, 0.2) is 0 Å². The first-order valence-corrected chi connectivity index (χ1v) is 7.07. The van der Waals surface area contributed by atoms with Gasteiger partial charge in [-0.1, -0.05) is 32.6 Å². The zero-order valence-electron chi connectivity index (χ0n) is 11.3. The molecule has 1 aliphatic rings. The van der Waals surface area contributed by atoms with Crippen LogP contribution in [0, 0.1) is 5.92 Å². The van der Waals surface area contributed by atoms with Crippen molar-refractivity contribution in [2.75, 3.05) is 13.2 Å². The first kappa shape index (κ1) is 14.0. The Morgan fingerprint density at radius 2 is 2.06 bits per heavy atom. The minimum atomic E-state index is 0.615. The lowest BCUT2D eigenvalue weighted by Crippen LogP contribution is -2.39. The highest BCUT2D eigenvalue weighted by atomic mass is 16.5. The van der Waals surface area contributed by atoms with E-state index in [1.54, 1.807) is 0 Å². The number of nitrogens with one attached hydrogen (secondary N) is 1. The number of unbranched alkanes of at least 4 members (excludes halogenated alkanes) is 3. The standard InChI is InChI=1S/C14H29NO/c1-4-5-6-7-8-12(2)15-13(3)14-9-10-16-11-14/h12-15H,4-11H2,1-3H3. The number of ether oxygens (including phenoxy) is 1. The Balaban J connectivity index is 2.05. The largest absolute Gasteiger partial charge is 0.381 e. The second-order valence-electron chi connectivity index (χ2n) is 5.33. The molecule has 0 amide bonds. The first-order chi connectivity index (χ1) is 7.74. The quantitative estimate of drug-likeness (QED) is 0.642. The average Bonchev–Trinajstić information content (AvgIpc) is 2.77. The molecule has 1 rings (SSSR count). The molecule has 0 aromatic rings. The summed E-state index contributed by atoms with van der Waals surface area (Å²) in [5.41, 5.74) is 0. The Labute approximate surface area is 101 Å². The summed E-state index contributed by atoms with van der Waals surface area (Å²) in [6.45, 7) is 8.81. The van der Waals surface area contributed by atoms with Crippen molar-refractivity contribution in [3.05, 3.63) is 0 Å². The molecule has 2 nitrogen and oxygen atoms in total. The highest BCUT2D eigenvalue weighted by Crippen LogP contribution is 2.17. The summed E-state index contributed by atoms with van der Waals surface area (Å²) >= 11 is 0. The van der Waals surface area contributed by atoms with Crippen molar-refractivity contribution in [2.24, 2.45) is 5.92 Å². The smallest absolute Gasteiger partial charge is 0.0509 e. The van der Waals surface area contributed by atoms with Gasteiger partial charge in [0.05, 0.1) is 6.61 Å². The second-order valence-corrected chi connectivity index (χ2v) is 5.33. The molecule has 0 aromatic carbocycles. The van der Waals surface area contributed by atoms with Gasteiger partial charge in [-0.05, 0) is 32.6 Å². The lowest BCUT2D eigenvalue weighted by molar-refractivity contribution is 0.176. The van der Waals surface area contributed by atoms with Crippen LogP contribution in [0.1, 0.15) is 59.3 Å². The fourth-order valence-corrected chi connectivity index (χ4v) is 2.49. The van der Waals surface area contributed by atoms with Gasteiger partial charge < -0.3 is 10.1 Å². The van der Waals surface area contributed by atoms with Crippen molar-refractivity contribution in [3.8, 4) is 0 Å². The molecule has 0 aliphatic carbocycles. The highest BCUT2D eigenvalue weighted by molar-refractivity contribution is 4.78. The van der Waals surface area contributed by atoms with Crippen LogP contribution in [-0.4, -0.2) is 25.3 Å². The minimum Gasteiger partial charge on any atom is -0.381 e. The van der Waals surface area contributed by atoms with Crippen LogP contribution in [0.15, 0.2) is 0 Å². The maximum Gasteiger partial charge on any atom is 0.0509 e. The molecule has 1 fully saturated rings. The van der Waals surface area contributed by atoms with Crippen molar-refractivity contribution in [3.63, 3.8) is 0 Å². The molecule has 0 aromatic heterocycles. The SMILES string of the molecule is CCCCCCC(C)NC(C)C1CCOC1. The van der Waals surface area contributed by atoms with Gasteiger partial charge in [0.2, 0.25) is 0 Å². The van der Waals surface area contributed by atoms with E-state index >= 15 is 0 Å². The zero-order valence-corrected chi connectivity index (χ0v) is 11.3. The molecule has 1 saturated heterocycles. The van der Waals surface area contributed by atoms with Gasteiger partial charge >= 0.3 is 0 Å². The molecular formula is C14H29NO. The lowest BCUT2D eigenvalue weighted by Gasteiger charge is -2.24. The summed E-state index contributed by atoms with van der Waals surface area (Å²) in [5, 5.41) is 3.72. The van der Waals surface area contributed by atoms with Crippen LogP contribution in [0.2, 0.25) is 0 Å². The molecule has 1 heterocycles. The van der Waals surface area contributed by atoms with Crippen molar-refractivity contribution in [1.82, 2.24) is 5.32 Å². The van der Waals surface area contributed by atoms with Gasteiger partial charge in [0, 0.05) is 18.7 Å². The maximum atomic E-state index is 5.43. The van der Waals surface area contributed by atoms with Crippen LogP contribution >= 0.6 is 0 Å². The molecule has 16 heavy (non-hydrogen) atoms. The zero-order chi connectivity index (χ0) is 11.8. The molecule has 3 unspecified atom stereocenters. The minimum absolute atomic E-state index is 0.615. The summed E-state index contributed by atoms with van der Waals surface area (Å²) in [7, 11) is 0. The topological polar surface area (TPSA) is 21.3 Å². The molecule has 0 saturated carbocycles. The van der Waals surface area contributed by atoms with Gasteiger partial charge in [-0.15, -0.1) is 0 Å². The van der Waals surface area contributed by atoms with Gasteiger partial charge in [-0.2, -0.15) is 0 Å². The summed E-state index contributed by atoms with van der Waals surface area (Å²) in [6, 6.07) is 1.27. The maximum absolute atomic E-state index is 5.43. The Morgan fingerprint density at radius 3 is 2.69 bits per heavy atom. The van der Waals surface area contributed by atoms with Crippen LogP contribution in [0.3, 0.4) is 0 Å². The molecule has 0 bridgehead atoms. The molecule has 3 atom stereocenters. The van der Waals surface area contributed by atoms with E-state index in [2.05, 4.69) is 26.1 Å². The van der Waals surface area contributed by atoms with Crippen LogP contribution in [0.25, 0.3) is 0 Å². The van der Waals surface area contributed by atoms with Crippen LogP contribution in [-0.2, 0) is 4.74 Å². The Hall–Kier alpha value is -0.0800. The van der Waals surface area contributed by atoms with Crippen LogP contribution < -0.4 is 5.32 Å². The van der Waals surface area contributed by atoms with Crippen molar-refractivity contribution in [2.45, 2.75) is 71.4 Å². The first-order valence-electron chi connectivity index (χ1n) is 7.07. The average molecular weight is 227 g/mol. The molecule has 1 aliphatic heterocycles. The monoisotopic (exact) mass is 227 g/mol. The molecule has 0 radical (unpaired) electrons. The van der Waals surface area contributed by atoms with Gasteiger partial charge in [0.25, 0.3) is 0 Å². The number of rotatable bonds is 8. The predicted octanol–water partition coefficient (Wildman–Crippen LogP) is 3.36. The third-order valence-corrected chi connectivity index (χ3v) is 3.71. The third kappa shape index (κ3) is 5.31. The van der Waals surface area contributed by atoms with E-state index in [9.17, 15) is 0 Å². The van der Waals surface area contributed by atoms with E-state index in [1.165, 1.54) is 38.5 Å². The van der Waals surface area contributed by atoms with E-state index in [1.807, 2.05) is 0 Å². The van der Waals surface area contributed by atoms with Crippen LogP contribution in [0.5, 0.6) is 0 Å². The highest BCUT2D eigenvalue weighted by Gasteiger charge is 2.22. The third-order valence-electron chi connectivity index (χ3n) is 3.71. The summed E-state index contributed by atoms with van der Waals surface area (Å²) in [6.07, 6.45) is 8.03. The van der Waals surface area contributed by atoms with E-state index in [0.717, 1.165) is 19.1 Å². The van der Waals surface area contributed by atoms with Crippen molar-refractivity contribution >= 4 is 0 Å². The van der Waals surface area contributed by atoms with Gasteiger partial charge in [-0.3, -0.25) is 0 Å². The summed E-state index contributed by atoms with van der Waals surface area (Å²) in [5.74, 6) is 0.734. The Bertz CT molecular complexity index is 166. The molecular weight excluding hydrogens is 198 g/mol. The van der Waals surface area contributed by atoms with Gasteiger partial charge in [-0.25, -0.2) is 0 Å². The lowest BCUT2D eigenvalue weighted by atomic mass is 9.99. The summed E-state index contributed by atoms with van der Waals surface area (Å²) < 4.78 is 5.43. The number of hydrogen-bond acceptors (Lipinski definition) is 2. The van der Waals surface area contributed by atoms with Crippen molar-refractivity contribution < 1.29 is 4.74 Å².